The molecule has 7 nitrogen and oxygen atoms in total. The molecule has 8 heteroatoms. The minimum Gasteiger partial charge on any atom is -0.368 e. The zero-order valence-electron chi connectivity index (χ0n) is 15.8. The number of primary amides is 1. The Labute approximate surface area is 175 Å². The van der Waals surface area contributed by atoms with Crippen LogP contribution in [0.25, 0.3) is 5.70 Å². The maximum atomic E-state index is 13.2. The highest BCUT2D eigenvalue weighted by atomic mass is 32.1. The molecule has 1 atom stereocenters. The average Bonchev–Trinajstić information content (AvgIpc) is 3.16. The summed E-state index contributed by atoms with van der Waals surface area (Å²) >= 11 is 4.43. The lowest BCUT2D eigenvalue weighted by Crippen LogP contribution is -2.50. The lowest BCUT2D eigenvalue weighted by Gasteiger charge is -2.36. The van der Waals surface area contributed by atoms with Gasteiger partial charge in [-0.05, 0) is 23.8 Å². The number of hydrogen-bond donors (Lipinski definition) is 4. The molecule has 0 aromatic heterocycles. The second-order valence-corrected chi connectivity index (χ2v) is 7.52. The van der Waals surface area contributed by atoms with Crippen molar-refractivity contribution in [3.05, 3.63) is 71.4 Å². The van der Waals surface area contributed by atoms with Crippen molar-refractivity contribution in [3.63, 3.8) is 0 Å². The summed E-state index contributed by atoms with van der Waals surface area (Å²) in [7, 11) is 0. The SMILES string of the molecule is NC(=O)c1cccc(N2CCN(C(=O)C3=C(c4ccccc4)NC(S)N3)CC2)c1. The number of carbonyl (C=O) groups excluding carboxylic acids is 2. The second kappa shape index (κ2) is 8.08. The summed E-state index contributed by atoms with van der Waals surface area (Å²) in [4.78, 5) is 28.6. The summed E-state index contributed by atoms with van der Waals surface area (Å²) < 4.78 is 0. The van der Waals surface area contributed by atoms with E-state index in [0.717, 1.165) is 16.9 Å². The summed E-state index contributed by atoms with van der Waals surface area (Å²) in [5.41, 5.74) is 8.76. The molecule has 0 aliphatic carbocycles. The van der Waals surface area contributed by atoms with Crippen LogP contribution in [0.1, 0.15) is 15.9 Å². The number of hydrogen-bond acceptors (Lipinski definition) is 6. The van der Waals surface area contributed by atoms with Crippen molar-refractivity contribution in [2.45, 2.75) is 5.50 Å². The number of nitrogens with two attached hydrogens (primary N) is 1. The maximum absolute atomic E-state index is 13.2. The standard InChI is InChI=1S/C21H23N5O2S/c22-19(27)15-7-4-8-16(13-15)25-9-11-26(12-10-25)20(28)18-17(23-21(29)24-18)14-5-2-1-3-6-14/h1-8,13,21,23-24,29H,9-12H2,(H2,22,27). The van der Waals surface area contributed by atoms with E-state index in [4.69, 9.17) is 5.73 Å². The van der Waals surface area contributed by atoms with Gasteiger partial charge in [0.25, 0.3) is 5.91 Å². The number of anilines is 1. The van der Waals surface area contributed by atoms with Crippen LogP contribution in [0.2, 0.25) is 0 Å². The lowest BCUT2D eigenvalue weighted by atomic mass is 10.1. The molecule has 2 aliphatic rings. The molecule has 2 heterocycles. The summed E-state index contributed by atoms with van der Waals surface area (Å²) in [5.74, 6) is -0.486. The van der Waals surface area contributed by atoms with Crippen LogP contribution >= 0.6 is 12.6 Å². The van der Waals surface area contributed by atoms with E-state index in [1.165, 1.54) is 0 Å². The third-order valence-corrected chi connectivity index (χ3v) is 5.41. The van der Waals surface area contributed by atoms with Crippen LogP contribution in [-0.2, 0) is 4.79 Å². The molecule has 1 fully saturated rings. The van der Waals surface area contributed by atoms with Gasteiger partial charge in [0.2, 0.25) is 5.91 Å². The van der Waals surface area contributed by atoms with Crippen LogP contribution in [0.4, 0.5) is 5.69 Å². The Morgan fingerprint density at radius 3 is 2.38 bits per heavy atom. The van der Waals surface area contributed by atoms with Gasteiger partial charge < -0.3 is 26.2 Å². The fraction of sp³-hybridized carbons (Fsp3) is 0.238. The third-order valence-electron chi connectivity index (χ3n) is 5.15. The van der Waals surface area contributed by atoms with Crippen LogP contribution in [0, 0.1) is 0 Å². The highest BCUT2D eigenvalue weighted by Crippen LogP contribution is 2.24. The van der Waals surface area contributed by atoms with E-state index in [0.29, 0.717) is 37.4 Å². The molecule has 1 saturated heterocycles. The van der Waals surface area contributed by atoms with Crippen LogP contribution < -0.4 is 21.3 Å². The van der Waals surface area contributed by atoms with Crippen molar-refractivity contribution >= 4 is 35.8 Å². The summed E-state index contributed by atoms with van der Waals surface area (Å²) in [6.45, 7) is 2.54. The van der Waals surface area contributed by atoms with Crippen molar-refractivity contribution in [2.75, 3.05) is 31.1 Å². The fourth-order valence-electron chi connectivity index (χ4n) is 3.64. The highest BCUT2D eigenvalue weighted by Gasteiger charge is 2.31. The van der Waals surface area contributed by atoms with E-state index in [1.54, 1.807) is 12.1 Å². The summed E-state index contributed by atoms with van der Waals surface area (Å²) in [5, 5.41) is 6.36. The monoisotopic (exact) mass is 409 g/mol. The first-order valence-corrected chi connectivity index (χ1v) is 9.99. The molecule has 1 unspecified atom stereocenters. The van der Waals surface area contributed by atoms with Crippen molar-refractivity contribution < 1.29 is 9.59 Å². The van der Waals surface area contributed by atoms with Gasteiger partial charge in [0.15, 0.2) is 0 Å². The van der Waals surface area contributed by atoms with Crippen LogP contribution in [0.3, 0.4) is 0 Å². The Hall–Kier alpha value is -3.13. The Bertz CT molecular complexity index is 955. The molecule has 0 saturated carbocycles. The molecule has 2 aromatic rings. The smallest absolute Gasteiger partial charge is 0.272 e. The zero-order chi connectivity index (χ0) is 20.4. The van der Waals surface area contributed by atoms with Crippen molar-refractivity contribution in [3.8, 4) is 0 Å². The number of nitrogens with zero attached hydrogens (tertiary/aromatic N) is 2. The molecule has 0 spiro atoms. The number of nitrogens with one attached hydrogen (secondary N) is 2. The van der Waals surface area contributed by atoms with Gasteiger partial charge in [-0.25, -0.2) is 0 Å². The number of rotatable bonds is 4. The quantitative estimate of drug-likeness (QED) is 0.570. The van der Waals surface area contributed by atoms with Crippen molar-refractivity contribution in [1.29, 1.82) is 0 Å². The topological polar surface area (TPSA) is 90.7 Å². The Balaban J connectivity index is 1.47. The van der Waals surface area contributed by atoms with Crippen LogP contribution in [0.15, 0.2) is 60.3 Å². The average molecular weight is 410 g/mol. The first-order valence-electron chi connectivity index (χ1n) is 9.48. The Kier molecular flexibility index (Phi) is 5.35. The van der Waals surface area contributed by atoms with E-state index in [-0.39, 0.29) is 11.4 Å². The largest absolute Gasteiger partial charge is 0.368 e. The molecule has 29 heavy (non-hydrogen) atoms. The van der Waals surface area contributed by atoms with Gasteiger partial charge in [-0.15, -0.1) is 12.6 Å². The molecule has 4 rings (SSSR count). The first-order chi connectivity index (χ1) is 14.0. The minimum absolute atomic E-state index is 0.0431. The predicted octanol–water partition coefficient (Wildman–Crippen LogP) is 1.21. The molecule has 150 valence electrons. The fourth-order valence-corrected chi connectivity index (χ4v) is 3.89. The van der Waals surface area contributed by atoms with E-state index in [9.17, 15) is 9.59 Å². The number of carbonyl (C=O) groups is 2. The van der Waals surface area contributed by atoms with Gasteiger partial charge in [0.05, 0.1) is 5.70 Å². The van der Waals surface area contributed by atoms with Crippen molar-refractivity contribution in [2.24, 2.45) is 5.73 Å². The van der Waals surface area contributed by atoms with Gasteiger partial charge >= 0.3 is 0 Å². The number of benzene rings is 2. The molecule has 2 aliphatic heterocycles. The van der Waals surface area contributed by atoms with Crippen LogP contribution in [0.5, 0.6) is 0 Å². The van der Waals surface area contributed by atoms with Crippen molar-refractivity contribution in [1.82, 2.24) is 15.5 Å². The third kappa shape index (κ3) is 4.02. The Morgan fingerprint density at radius 2 is 1.69 bits per heavy atom. The predicted molar refractivity (Wildman–Crippen MR) is 116 cm³/mol. The van der Waals surface area contributed by atoms with E-state index in [2.05, 4.69) is 28.2 Å². The van der Waals surface area contributed by atoms with Gasteiger partial charge in [-0.1, -0.05) is 36.4 Å². The second-order valence-electron chi connectivity index (χ2n) is 7.00. The lowest BCUT2D eigenvalue weighted by molar-refractivity contribution is -0.127. The molecule has 4 N–H and O–H groups in total. The summed E-state index contributed by atoms with van der Waals surface area (Å²) in [6.07, 6.45) is 0. The summed E-state index contributed by atoms with van der Waals surface area (Å²) in [6, 6.07) is 17.0. The van der Waals surface area contributed by atoms with E-state index >= 15 is 0 Å². The Morgan fingerprint density at radius 1 is 0.966 bits per heavy atom. The maximum Gasteiger partial charge on any atom is 0.272 e. The molecule has 2 aromatic carbocycles. The van der Waals surface area contributed by atoms with E-state index < -0.39 is 5.91 Å². The van der Waals surface area contributed by atoms with E-state index in [1.807, 2.05) is 47.4 Å². The van der Waals surface area contributed by atoms with Gasteiger partial charge in [0.1, 0.15) is 11.2 Å². The van der Waals surface area contributed by atoms with Gasteiger partial charge in [-0.2, -0.15) is 0 Å². The zero-order valence-corrected chi connectivity index (χ0v) is 16.7. The molecule has 0 radical (unpaired) electrons. The first kappa shape index (κ1) is 19.2. The number of amides is 2. The molecular formula is C21H23N5O2S. The normalized spacial score (nSPS) is 19.0. The minimum atomic E-state index is -0.442. The highest BCUT2D eigenvalue weighted by molar-refractivity contribution is 7.80. The molecular weight excluding hydrogens is 386 g/mol. The molecule has 0 bridgehead atoms. The molecule has 2 amide bonds. The van der Waals surface area contributed by atoms with Gasteiger partial charge in [-0.3, -0.25) is 9.59 Å². The number of piperazine rings is 1. The van der Waals surface area contributed by atoms with Gasteiger partial charge in [0, 0.05) is 37.4 Å². The number of thiol groups is 1. The van der Waals surface area contributed by atoms with Crippen LogP contribution in [-0.4, -0.2) is 48.4 Å².